The molecule has 7 nitrogen and oxygen atoms in total. The van der Waals surface area contributed by atoms with Crippen LogP contribution in [0.3, 0.4) is 0 Å². The number of hydrogen-bond donors (Lipinski definition) is 1. The SMILES string of the molecule is CC(C)Nc1ncnc2c(N3CCS(=O)CC3)nc(Cl)nc12. The van der Waals surface area contributed by atoms with E-state index in [4.69, 9.17) is 11.6 Å². The number of rotatable bonds is 3. The Morgan fingerprint density at radius 3 is 2.64 bits per heavy atom. The number of aromatic nitrogens is 4. The van der Waals surface area contributed by atoms with Gasteiger partial charge in [-0.25, -0.2) is 15.0 Å². The summed E-state index contributed by atoms with van der Waals surface area (Å²) >= 11 is 6.09. The normalized spacial score (nSPS) is 16.5. The lowest BCUT2D eigenvalue weighted by Gasteiger charge is -2.27. The Bertz CT molecular complexity index is 715. The molecule has 2 aromatic rings. The fraction of sp³-hybridized carbons (Fsp3) is 0.538. The molecule has 0 unspecified atom stereocenters. The summed E-state index contributed by atoms with van der Waals surface area (Å²) in [4.78, 5) is 19.3. The Balaban J connectivity index is 2.08. The third-order valence-electron chi connectivity index (χ3n) is 3.34. The molecule has 9 heteroatoms. The molecule has 0 bridgehead atoms. The second-order valence-electron chi connectivity index (χ2n) is 5.37. The molecule has 1 aliphatic rings. The number of halogens is 1. The smallest absolute Gasteiger partial charge is 0.225 e. The monoisotopic (exact) mass is 340 g/mol. The summed E-state index contributed by atoms with van der Waals surface area (Å²) in [7, 11) is -0.749. The van der Waals surface area contributed by atoms with Crippen molar-refractivity contribution < 1.29 is 4.21 Å². The van der Waals surface area contributed by atoms with Crippen LogP contribution in [-0.2, 0) is 10.8 Å². The molecular formula is C13H17ClN6OS. The summed E-state index contributed by atoms with van der Waals surface area (Å²) in [5, 5.41) is 3.41. The Hall–Kier alpha value is -1.54. The van der Waals surface area contributed by atoms with Crippen LogP contribution in [0.25, 0.3) is 11.0 Å². The van der Waals surface area contributed by atoms with Crippen molar-refractivity contribution >= 4 is 45.1 Å². The molecular weight excluding hydrogens is 324 g/mol. The minimum absolute atomic E-state index is 0.163. The van der Waals surface area contributed by atoms with E-state index in [0.29, 0.717) is 47.3 Å². The van der Waals surface area contributed by atoms with Crippen LogP contribution in [0.1, 0.15) is 13.8 Å². The van der Waals surface area contributed by atoms with E-state index in [1.165, 1.54) is 6.33 Å². The van der Waals surface area contributed by atoms with Gasteiger partial charge in [-0.05, 0) is 25.4 Å². The summed E-state index contributed by atoms with van der Waals surface area (Å²) in [6, 6.07) is 0.215. The van der Waals surface area contributed by atoms with Gasteiger partial charge in [0.2, 0.25) is 5.28 Å². The molecule has 3 rings (SSSR count). The fourth-order valence-electron chi connectivity index (χ4n) is 2.36. The van der Waals surface area contributed by atoms with Crippen LogP contribution >= 0.6 is 11.6 Å². The van der Waals surface area contributed by atoms with E-state index < -0.39 is 10.8 Å². The van der Waals surface area contributed by atoms with Crippen LogP contribution in [0.2, 0.25) is 5.28 Å². The lowest BCUT2D eigenvalue weighted by Crippen LogP contribution is -2.38. The molecule has 1 N–H and O–H groups in total. The molecule has 118 valence electrons. The number of anilines is 2. The second-order valence-corrected chi connectivity index (χ2v) is 7.40. The van der Waals surface area contributed by atoms with E-state index in [-0.39, 0.29) is 11.3 Å². The average Bonchev–Trinajstić information content (AvgIpc) is 2.47. The van der Waals surface area contributed by atoms with E-state index in [9.17, 15) is 4.21 Å². The third-order valence-corrected chi connectivity index (χ3v) is 4.78. The van der Waals surface area contributed by atoms with Crippen LogP contribution in [0.5, 0.6) is 0 Å². The Morgan fingerprint density at radius 1 is 1.23 bits per heavy atom. The summed E-state index contributed by atoms with van der Waals surface area (Å²) in [5.41, 5.74) is 1.27. The topological polar surface area (TPSA) is 83.9 Å². The van der Waals surface area contributed by atoms with E-state index in [1.54, 1.807) is 0 Å². The number of nitrogens with zero attached hydrogens (tertiary/aromatic N) is 5. The zero-order valence-corrected chi connectivity index (χ0v) is 14.0. The Morgan fingerprint density at radius 2 is 1.95 bits per heavy atom. The van der Waals surface area contributed by atoms with Gasteiger partial charge in [0.15, 0.2) is 11.6 Å². The molecule has 0 saturated carbocycles. The molecule has 2 aromatic heterocycles. The molecule has 0 spiro atoms. The minimum Gasteiger partial charge on any atom is -0.366 e. The summed E-state index contributed by atoms with van der Waals surface area (Å²) < 4.78 is 11.5. The van der Waals surface area contributed by atoms with Crippen molar-refractivity contribution in [1.29, 1.82) is 0 Å². The van der Waals surface area contributed by atoms with E-state index in [2.05, 4.69) is 30.2 Å². The number of fused-ring (bicyclic) bond motifs is 1. The first-order valence-corrected chi connectivity index (χ1v) is 8.96. The highest BCUT2D eigenvalue weighted by Gasteiger charge is 2.22. The molecule has 1 fully saturated rings. The molecule has 1 aliphatic heterocycles. The van der Waals surface area contributed by atoms with Crippen molar-refractivity contribution in [3.05, 3.63) is 11.6 Å². The maximum atomic E-state index is 11.5. The predicted octanol–water partition coefficient (Wildman–Crippen LogP) is 1.46. The fourth-order valence-corrected chi connectivity index (χ4v) is 3.57. The van der Waals surface area contributed by atoms with Gasteiger partial charge in [0.25, 0.3) is 0 Å². The van der Waals surface area contributed by atoms with Gasteiger partial charge in [-0.15, -0.1) is 0 Å². The molecule has 0 aliphatic carbocycles. The molecule has 3 heterocycles. The highest BCUT2D eigenvalue weighted by Crippen LogP contribution is 2.28. The van der Waals surface area contributed by atoms with Gasteiger partial charge in [-0.1, -0.05) is 0 Å². The van der Waals surface area contributed by atoms with Gasteiger partial charge >= 0.3 is 0 Å². The van der Waals surface area contributed by atoms with Crippen LogP contribution in [0.4, 0.5) is 11.6 Å². The Kier molecular flexibility index (Phi) is 4.39. The predicted molar refractivity (Wildman–Crippen MR) is 89.0 cm³/mol. The van der Waals surface area contributed by atoms with Crippen molar-refractivity contribution in [3.8, 4) is 0 Å². The average molecular weight is 341 g/mol. The first-order valence-electron chi connectivity index (χ1n) is 7.09. The molecule has 1 saturated heterocycles. The maximum Gasteiger partial charge on any atom is 0.225 e. The molecule has 22 heavy (non-hydrogen) atoms. The van der Waals surface area contributed by atoms with Crippen LogP contribution in [0.15, 0.2) is 6.33 Å². The van der Waals surface area contributed by atoms with E-state index in [0.717, 1.165) is 0 Å². The zero-order valence-electron chi connectivity index (χ0n) is 12.4. The minimum atomic E-state index is -0.749. The first kappa shape index (κ1) is 15.4. The number of nitrogens with one attached hydrogen (secondary N) is 1. The Labute approximate surface area is 136 Å². The summed E-state index contributed by atoms with van der Waals surface area (Å²) in [6.45, 7) is 5.40. The van der Waals surface area contributed by atoms with Gasteiger partial charge in [0.1, 0.15) is 17.4 Å². The third kappa shape index (κ3) is 3.12. The molecule has 0 radical (unpaired) electrons. The van der Waals surface area contributed by atoms with Crippen molar-refractivity contribution in [3.63, 3.8) is 0 Å². The van der Waals surface area contributed by atoms with Gasteiger partial charge in [-0.3, -0.25) is 4.21 Å². The van der Waals surface area contributed by atoms with Crippen LogP contribution in [-0.4, -0.2) is 54.8 Å². The maximum absolute atomic E-state index is 11.5. The molecule has 0 aromatic carbocycles. The van der Waals surface area contributed by atoms with Gasteiger partial charge < -0.3 is 10.2 Å². The standard InChI is InChI=1S/C13H17ClN6OS/c1-8(2)17-11-9-10(15-7-16-11)12(19-13(14)18-9)20-3-5-22(21)6-4-20/h7-8H,3-6H2,1-2H3,(H,15,16,17). The lowest BCUT2D eigenvalue weighted by molar-refractivity contribution is 0.672. The van der Waals surface area contributed by atoms with Crippen molar-refractivity contribution in [2.24, 2.45) is 0 Å². The van der Waals surface area contributed by atoms with Crippen molar-refractivity contribution in [2.45, 2.75) is 19.9 Å². The quantitative estimate of drug-likeness (QED) is 0.847. The largest absolute Gasteiger partial charge is 0.366 e. The van der Waals surface area contributed by atoms with Gasteiger partial charge in [-0.2, -0.15) is 4.98 Å². The summed E-state index contributed by atoms with van der Waals surface area (Å²) in [6.07, 6.45) is 1.50. The first-order chi connectivity index (χ1) is 10.5. The summed E-state index contributed by atoms with van der Waals surface area (Å²) in [5.74, 6) is 2.59. The van der Waals surface area contributed by atoms with Gasteiger partial charge in [0.05, 0.1) is 0 Å². The van der Waals surface area contributed by atoms with Crippen molar-refractivity contribution in [1.82, 2.24) is 19.9 Å². The van der Waals surface area contributed by atoms with Gasteiger partial charge in [0, 0.05) is 41.4 Å². The highest BCUT2D eigenvalue weighted by molar-refractivity contribution is 7.85. The lowest BCUT2D eigenvalue weighted by atomic mass is 10.3. The number of hydrogen-bond acceptors (Lipinski definition) is 7. The molecule has 0 amide bonds. The van der Waals surface area contributed by atoms with Crippen LogP contribution in [0, 0.1) is 0 Å². The second kappa shape index (κ2) is 6.29. The molecule has 0 atom stereocenters. The van der Waals surface area contributed by atoms with E-state index in [1.807, 2.05) is 13.8 Å². The zero-order chi connectivity index (χ0) is 15.7. The van der Waals surface area contributed by atoms with Crippen LogP contribution < -0.4 is 10.2 Å². The van der Waals surface area contributed by atoms with Crippen molar-refractivity contribution in [2.75, 3.05) is 34.8 Å². The highest BCUT2D eigenvalue weighted by atomic mass is 35.5. The van der Waals surface area contributed by atoms with E-state index >= 15 is 0 Å².